The van der Waals surface area contributed by atoms with E-state index in [4.69, 9.17) is 4.74 Å². The Balaban J connectivity index is 1.98. The monoisotopic (exact) mass is 280 g/mol. The molecule has 1 fully saturated rings. The van der Waals surface area contributed by atoms with Crippen LogP contribution in [0.15, 0.2) is 24.3 Å². The molecule has 4 heteroatoms. The molecule has 0 radical (unpaired) electrons. The Morgan fingerprint density at radius 2 is 2.20 bits per heavy atom. The van der Waals surface area contributed by atoms with Gasteiger partial charge in [-0.25, -0.2) is 4.39 Å². The van der Waals surface area contributed by atoms with Crippen molar-refractivity contribution in [3.05, 3.63) is 35.6 Å². The maximum Gasteiger partial charge on any atom is 0.127 e. The summed E-state index contributed by atoms with van der Waals surface area (Å²) < 4.78 is 19.4. The summed E-state index contributed by atoms with van der Waals surface area (Å²) in [7, 11) is 4.03. The maximum atomic E-state index is 13.7. The van der Waals surface area contributed by atoms with Crippen LogP contribution in [-0.2, 0) is 11.3 Å². The van der Waals surface area contributed by atoms with Crippen LogP contribution in [0, 0.1) is 11.2 Å². The van der Waals surface area contributed by atoms with Crippen molar-refractivity contribution in [1.82, 2.24) is 10.2 Å². The van der Waals surface area contributed by atoms with Gasteiger partial charge in [0.15, 0.2) is 0 Å². The quantitative estimate of drug-likeness (QED) is 0.865. The summed E-state index contributed by atoms with van der Waals surface area (Å²) in [5.41, 5.74) is 0.902. The fourth-order valence-electron chi connectivity index (χ4n) is 3.15. The van der Waals surface area contributed by atoms with Crippen LogP contribution in [-0.4, -0.2) is 45.3 Å². The fraction of sp³-hybridized carbons (Fsp3) is 0.625. The average Bonchev–Trinajstić information content (AvgIpc) is 2.42. The summed E-state index contributed by atoms with van der Waals surface area (Å²) in [6.07, 6.45) is 2.27. The van der Waals surface area contributed by atoms with Gasteiger partial charge in [0.25, 0.3) is 0 Å². The number of hydrogen-bond donors (Lipinski definition) is 1. The lowest BCUT2D eigenvalue weighted by Gasteiger charge is -2.40. The van der Waals surface area contributed by atoms with Crippen molar-refractivity contribution < 1.29 is 9.13 Å². The predicted octanol–water partition coefficient (Wildman–Crippen LogP) is 2.27. The van der Waals surface area contributed by atoms with Crippen molar-refractivity contribution in [3.63, 3.8) is 0 Å². The molecule has 112 valence electrons. The van der Waals surface area contributed by atoms with E-state index in [1.807, 2.05) is 19.2 Å². The lowest BCUT2D eigenvalue weighted by atomic mass is 9.82. The standard InChI is InChI=1S/C16H25FN2O/c1-18-11-16(8-5-9-20-13-16)12-19(2)10-14-6-3-4-7-15(14)17/h3-4,6-7,18H,5,8-13H2,1-2H3. The lowest BCUT2D eigenvalue weighted by Crippen LogP contribution is -2.47. The van der Waals surface area contributed by atoms with Gasteiger partial charge in [0.05, 0.1) is 6.61 Å². The number of nitrogens with one attached hydrogen (secondary N) is 1. The van der Waals surface area contributed by atoms with E-state index in [9.17, 15) is 4.39 Å². The third-order valence-electron chi connectivity index (χ3n) is 3.96. The van der Waals surface area contributed by atoms with Crippen LogP contribution in [0.5, 0.6) is 0 Å². The second-order valence-electron chi connectivity index (χ2n) is 5.95. The summed E-state index contributed by atoms with van der Waals surface area (Å²) in [4.78, 5) is 2.20. The fourth-order valence-corrected chi connectivity index (χ4v) is 3.15. The van der Waals surface area contributed by atoms with Gasteiger partial charge in [-0.3, -0.25) is 0 Å². The zero-order valence-electron chi connectivity index (χ0n) is 12.5. The van der Waals surface area contributed by atoms with E-state index >= 15 is 0 Å². The molecule has 0 aromatic heterocycles. The molecule has 0 aliphatic carbocycles. The Labute approximate surface area is 121 Å². The minimum atomic E-state index is -0.123. The highest BCUT2D eigenvalue weighted by atomic mass is 19.1. The topological polar surface area (TPSA) is 24.5 Å². The van der Waals surface area contributed by atoms with E-state index in [0.717, 1.165) is 44.7 Å². The second-order valence-corrected chi connectivity index (χ2v) is 5.95. The van der Waals surface area contributed by atoms with E-state index in [2.05, 4.69) is 17.3 Å². The molecule has 1 aromatic rings. The first-order chi connectivity index (χ1) is 9.65. The Morgan fingerprint density at radius 1 is 1.40 bits per heavy atom. The van der Waals surface area contributed by atoms with Crippen LogP contribution in [0.2, 0.25) is 0 Å². The molecule has 0 saturated carbocycles. The summed E-state index contributed by atoms with van der Waals surface area (Å²) in [6.45, 7) is 4.15. The van der Waals surface area contributed by atoms with E-state index in [0.29, 0.717) is 6.54 Å². The van der Waals surface area contributed by atoms with Crippen molar-refractivity contribution in [2.45, 2.75) is 19.4 Å². The Hall–Kier alpha value is -0.970. The first-order valence-corrected chi connectivity index (χ1v) is 7.29. The average molecular weight is 280 g/mol. The molecule has 0 amide bonds. The number of hydrogen-bond acceptors (Lipinski definition) is 3. The van der Waals surface area contributed by atoms with Crippen molar-refractivity contribution in [3.8, 4) is 0 Å². The smallest absolute Gasteiger partial charge is 0.127 e. The van der Waals surface area contributed by atoms with Gasteiger partial charge in [-0.1, -0.05) is 18.2 Å². The zero-order chi connectivity index (χ0) is 14.4. The van der Waals surface area contributed by atoms with Crippen molar-refractivity contribution in [2.75, 3.05) is 40.4 Å². The molecule has 1 N–H and O–H groups in total. The minimum Gasteiger partial charge on any atom is -0.381 e. The first-order valence-electron chi connectivity index (χ1n) is 7.29. The molecule has 1 saturated heterocycles. The SMILES string of the molecule is CNCC1(CN(C)Cc2ccccc2F)CCCOC1. The van der Waals surface area contributed by atoms with Crippen molar-refractivity contribution >= 4 is 0 Å². The van der Waals surface area contributed by atoms with Crippen LogP contribution in [0.3, 0.4) is 0 Å². The highest BCUT2D eigenvalue weighted by molar-refractivity contribution is 5.17. The Kier molecular flexibility index (Phi) is 5.52. The highest BCUT2D eigenvalue weighted by Crippen LogP contribution is 2.29. The number of nitrogens with zero attached hydrogens (tertiary/aromatic N) is 1. The van der Waals surface area contributed by atoms with Gasteiger partial charge in [0.1, 0.15) is 5.82 Å². The molecule has 1 unspecified atom stereocenters. The van der Waals surface area contributed by atoms with E-state index in [1.54, 1.807) is 6.07 Å². The zero-order valence-corrected chi connectivity index (χ0v) is 12.5. The second kappa shape index (κ2) is 7.16. The summed E-state index contributed by atoms with van der Waals surface area (Å²) in [5.74, 6) is -0.123. The lowest BCUT2D eigenvalue weighted by molar-refractivity contribution is -0.0229. The van der Waals surface area contributed by atoms with Gasteiger partial charge >= 0.3 is 0 Å². The number of halogens is 1. The molecule has 1 aromatic carbocycles. The first kappa shape index (κ1) is 15.4. The van der Waals surface area contributed by atoms with Gasteiger partial charge in [-0.2, -0.15) is 0 Å². The van der Waals surface area contributed by atoms with Crippen molar-refractivity contribution in [1.29, 1.82) is 0 Å². The van der Waals surface area contributed by atoms with Gasteiger partial charge in [0.2, 0.25) is 0 Å². The van der Waals surface area contributed by atoms with Crippen LogP contribution >= 0.6 is 0 Å². The molecule has 1 aliphatic heterocycles. The molecule has 3 nitrogen and oxygen atoms in total. The van der Waals surface area contributed by atoms with Gasteiger partial charge in [0, 0.05) is 37.2 Å². The van der Waals surface area contributed by atoms with E-state index in [-0.39, 0.29) is 11.2 Å². The third-order valence-corrected chi connectivity index (χ3v) is 3.96. The van der Waals surface area contributed by atoms with Crippen LogP contribution in [0.4, 0.5) is 4.39 Å². The van der Waals surface area contributed by atoms with Gasteiger partial charge in [-0.05, 0) is 33.0 Å². The van der Waals surface area contributed by atoms with E-state index < -0.39 is 0 Å². The molecule has 20 heavy (non-hydrogen) atoms. The van der Waals surface area contributed by atoms with Gasteiger partial charge < -0.3 is 15.0 Å². The Morgan fingerprint density at radius 3 is 2.85 bits per heavy atom. The predicted molar refractivity (Wildman–Crippen MR) is 79.1 cm³/mol. The third kappa shape index (κ3) is 4.01. The molecule has 0 spiro atoms. The normalized spacial score (nSPS) is 23.2. The minimum absolute atomic E-state index is 0.123. The highest BCUT2D eigenvalue weighted by Gasteiger charge is 2.33. The Bertz CT molecular complexity index is 413. The summed E-state index contributed by atoms with van der Waals surface area (Å²) >= 11 is 0. The molecular weight excluding hydrogens is 255 g/mol. The van der Waals surface area contributed by atoms with Gasteiger partial charge in [-0.15, -0.1) is 0 Å². The number of rotatable bonds is 6. The van der Waals surface area contributed by atoms with E-state index in [1.165, 1.54) is 6.07 Å². The van der Waals surface area contributed by atoms with Crippen LogP contribution < -0.4 is 5.32 Å². The maximum absolute atomic E-state index is 13.7. The van der Waals surface area contributed by atoms with Crippen molar-refractivity contribution in [2.24, 2.45) is 5.41 Å². The molecule has 1 aliphatic rings. The molecule has 1 heterocycles. The largest absolute Gasteiger partial charge is 0.381 e. The molecular formula is C16H25FN2O. The van der Waals surface area contributed by atoms with Crippen LogP contribution in [0.25, 0.3) is 0 Å². The number of benzene rings is 1. The summed E-state index contributed by atoms with van der Waals surface area (Å²) in [5, 5.41) is 3.28. The molecule has 1 atom stereocenters. The van der Waals surface area contributed by atoms with Crippen LogP contribution in [0.1, 0.15) is 18.4 Å². The number of ether oxygens (including phenoxy) is 1. The molecule has 2 rings (SSSR count). The summed E-state index contributed by atoms with van der Waals surface area (Å²) in [6, 6.07) is 7.00. The molecule has 0 bridgehead atoms.